The molecule has 0 radical (unpaired) electrons. The first-order valence-corrected chi connectivity index (χ1v) is 7.22. The summed E-state index contributed by atoms with van der Waals surface area (Å²) >= 11 is 0. The summed E-state index contributed by atoms with van der Waals surface area (Å²) in [5, 5.41) is 10.3. The third kappa shape index (κ3) is 1.43. The minimum Gasteiger partial charge on any atom is -0.465 e. The van der Waals surface area contributed by atoms with Crippen LogP contribution in [0, 0.1) is 28.6 Å². The van der Waals surface area contributed by atoms with Crippen LogP contribution in [-0.2, 0) is 9.53 Å². The molecule has 1 N–H and O–H groups in total. The summed E-state index contributed by atoms with van der Waals surface area (Å²) in [5.74, 6) is 1.01. The number of carbonyl (C=O) groups excluding carboxylic acids is 1. The molecule has 2 aliphatic carbocycles. The molecule has 3 fully saturated rings. The fourth-order valence-corrected chi connectivity index (χ4v) is 5.10. The van der Waals surface area contributed by atoms with E-state index in [4.69, 9.17) is 4.74 Å². The van der Waals surface area contributed by atoms with E-state index >= 15 is 0 Å². The number of hydrogen-bond donors (Lipinski definition) is 1. The van der Waals surface area contributed by atoms with Crippen LogP contribution in [0.4, 0.5) is 0 Å². The SMILES string of the molecule is CC1(C)C(O)CCC2(C)C3COC(=O)C3CCC12. The zero-order valence-corrected chi connectivity index (χ0v) is 11.6. The largest absolute Gasteiger partial charge is 0.465 e. The van der Waals surface area contributed by atoms with Crippen molar-refractivity contribution < 1.29 is 14.6 Å². The molecule has 102 valence electrons. The van der Waals surface area contributed by atoms with Crippen LogP contribution in [0.3, 0.4) is 0 Å². The van der Waals surface area contributed by atoms with Crippen molar-refractivity contribution in [2.45, 2.75) is 52.6 Å². The normalized spacial score (nSPS) is 50.3. The summed E-state index contributed by atoms with van der Waals surface area (Å²) in [4.78, 5) is 11.8. The van der Waals surface area contributed by atoms with Crippen molar-refractivity contribution in [3.63, 3.8) is 0 Å². The number of carbonyl (C=O) groups is 1. The van der Waals surface area contributed by atoms with Crippen LogP contribution in [0.15, 0.2) is 0 Å². The minimum absolute atomic E-state index is 0.0172. The first-order valence-electron chi connectivity index (χ1n) is 7.22. The van der Waals surface area contributed by atoms with Crippen molar-refractivity contribution in [3.05, 3.63) is 0 Å². The maximum atomic E-state index is 11.8. The lowest BCUT2D eigenvalue weighted by atomic mass is 9.46. The number of cyclic esters (lactones) is 1. The molecular formula is C15H24O3. The van der Waals surface area contributed by atoms with E-state index in [0.717, 1.165) is 25.7 Å². The van der Waals surface area contributed by atoms with Crippen molar-refractivity contribution in [1.82, 2.24) is 0 Å². The van der Waals surface area contributed by atoms with Gasteiger partial charge < -0.3 is 9.84 Å². The van der Waals surface area contributed by atoms with Gasteiger partial charge in [-0.2, -0.15) is 0 Å². The third-order valence-electron chi connectivity index (χ3n) is 6.32. The van der Waals surface area contributed by atoms with Gasteiger partial charge in [0.05, 0.1) is 18.6 Å². The average Bonchev–Trinajstić information content (AvgIpc) is 2.68. The van der Waals surface area contributed by atoms with Gasteiger partial charge in [0.25, 0.3) is 0 Å². The number of rotatable bonds is 0. The minimum atomic E-state index is -0.204. The molecule has 2 saturated carbocycles. The lowest BCUT2D eigenvalue weighted by molar-refractivity contribution is -0.150. The summed E-state index contributed by atoms with van der Waals surface area (Å²) in [6.07, 6.45) is 3.68. The first-order chi connectivity index (χ1) is 8.37. The number of ether oxygens (including phenoxy) is 1. The number of aliphatic hydroxyl groups excluding tert-OH is 1. The van der Waals surface area contributed by atoms with E-state index in [2.05, 4.69) is 20.8 Å². The summed E-state index contributed by atoms with van der Waals surface area (Å²) in [7, 11) is 0. The molecule has 0 aromatic carbocycles. The Kier molecular flexibility index (Phi) is 2.58. The summed E-state index contributed by atoms with van der Waals surface area (Å²) in [6, 6.07) is 0. The van der Waals surface area contributed by atoms with Gasteiger partial charge in [-0.05, 0) is 42.4 Å². The Morgan fingerprint density at radius 1 is 1.22 bits per heavy atom. The second kappa shape index (κ2) is 3.72. The van der Waals surface area contributed by atoms with E-state index in [9.17, 15) is 9.90 Å². The number of hydrogen-bond acceptors (Lipinski definition) is 3. The molecule has 5 atom stereocenters. The third-order valence-corrected chi connectivity index (χ3v) is 6.32. The fraction of sp³-hybridized carbons (Fsp3) is 0.933. The van der Waals surface area contributed by atoms with Gasteiger partial charge in [0.1, 0.15) is 0 Å². The molecule has 5 unspecified atom stereocenters. The molecule has 0 amide bonds. The Bertz CT molecular complexity index is 376. The molecule has 0 aromatic rings. The fourth-order valence-electron chi connectivity index (χ4n) is 5.10. The molecule has 0 aromatic heterocycles. The van der Waals surface area contributed by atoms with Crippen LogP contribution >= 0.6 is 0 Å². The van der Waals surface area contributed by atoms with Gasteiger partial charge in [0, 0.05) is 5.92 Å². The van der Waals surface area contributed by atoms with Gasteiger partial charge in [0.2, 0.25) is 0 Å². The molecule has 1 aliphatic heterocycles. The molecule has 0 spiro atoms. The van der Waals surface area contributed by atoms with Crippen molar-refractivity contribution >= 4 is 5.97 Å². The molecule has 0 bridgehead atoms. The highest BCUT2D eigenvalue weighted by molar-refractivity contribution is 5.75. The Labute approximate surface area is 109 Å². The van der Waals surface area contributed by atoms with Crippen LogP contribution in [-0.4, -0.2) is 23.8 Å². The van der Waals surface area contributed by atoms with E-state index in [0.29, 0.717) is 18.4 Å². The monoisotopic (exact) mass is 252 g/mol. The van der Waals surface area contributed by atoms with E-state index in [1.807, 2.05) is 0 Å². The van der Waals surface area contributed by atoms with Crippen molar-refractivity contribution in [3.8, 4) is 0 Å². The summed E-state index contributed by atoms with van der Waals surface area (Å²) in [6.45, 7) is 7.31. The van der Waals surface area contributed by atoms with Gasteiger partial charge in [-0.1, -0.05) is 20.8 Å². The molecule has 18 heavy (non-hydrogen) atoms. The van der Waals surface area contributed by atoms with Gasteiger partial charge in [-0.25, -0.2) is 0 Å². The molecular weight excluding hydrogens is 228 g/mol. The smallest absolute Gasteiger partial charge is 0.309 e. The molecule has 3 heteroatoms. The Morgan fingerprint density at radius 2 is 1.94 bits per heavy atom. The Hall–Kier alpha value is -0.570. The topological polar surface area (TPSA) is 46.5 Å². The highest BCUT2D eigenvalue weighted by Crippen LogP contribution is 2.62. The second-order valence-corrected chi connectivity index (χ2v) is 7.35. The van der Waals surface area contributed by atoms with Crippen molar-refractivity contribution in [1.29, 1.82) is 0 Å². The molecule has 3 aliphatic rings. The Morgan fingerprint density at radius 3 is 2.67 bits per heavy atom. The highest BCUT2D eigenvalue weighted by atomic mass is 16.5. The van der Waals surface area contributed by atoms with Crippen LogP contribution in [0.25, 0.3) is 0 Å². The maximum absolute atomic E-state index is 11.8. The highest BCUT2D eigenvalue weighted by Gasteiger charge is 2.60. The zero-order chi connectivity index (χ0) is 13.1. The van der Waals surface area contributed by atoms with Crippen molar-refractivity contribution in [2.24, 2.45) is 28.6 Å². The first kappa shape index (κ1) is 12.5. The molecule has 3 rings (SSSR count). The molecule has 1 saturated heterocycles. The van der Waals surface area contributed by atoms with Crippen LogP contribution in [0.5, 0.6) is 0 Å². The number of fused-ring (bicyclic) bond motifs is 3. The number of aliphatic hydroxyl groups is 1. The lowest BCUT2D eigenvalue weighted by Gasteiger charge is -2.58. The van der Waals surface area contributed by atoms with E-state index in [1.54, 1.807) is 0 Å². The standard InChI is InChI=1S/C15H24O3/c1-14(2)11-5-4-9-10(8-18-13(9)17)15(11,3)7-6-12(14)16/h9-12,16H,4-8H2,1-3H3. The summed E-state index contributed by atoms with van der Waals surface area (Å²) < 4.78 is 5.31. The maximum Gasteiger partial charge on any atom is 0.309 e. The Balaban J connectivity index is 1.96. The molecule has 1 heterocycles. The van der Waals surface area contributed by atoms with Gasteiger partial charge in [0.15, 0.2) is 0 Å². The molecule has 3 nitrogen and oxygen atoms in total. The van der Waals surface area contributed by atoms with E-state index in [1.165, 1.54) is 0 Å². The van der Waals surface area contributed by atoms with Crippen molar-refractivity contribution in [2.75, 3.05) is 6.61 Å². The summed E-state index contributed by atoms with van der Waals surface area (Å²) in [5.41, 5.74) is 0.126. The quantitative estimate of drug-likeness (QED) is 0.673. The number of esters is 1. The van der Waals surface area contributed by atoms with E-state index < -0.39 is 0 Å². The van der Waals surface area contributed by atoms with Crippen LogP contribution < -0.4 is 0 Å². The van der Waals surface area contributed by atoms with Gasteiger partial charge in [-0.15, -0.1) is 0 Å². The van der Waals surface area contributed by atoms with Gasteiger partial charge >= 0.3 is 5.97 Å². The van der Waals surface area contributed by atoms with Crippen LogP contribution in [0.1, 0.15) is 46.5 Å². The zero-order valence-electron chi connectivity index (χ0n) is 11.6. The second-order valence-electron chi connectivity index (χ2n) is 7.35. The average molecular weight is 252 g/mol. The predicted octanol–water partition coefficient (Wildman–Crippen LogP) is 2.37. The lowest BCUT2D eigenvalue weighted by Crippen LogP contribution is -2.56. The van der Waals surface area contributed by atoms with E-state index in [-0.39, 0.29) is 28.8 Å². The van der Waals surface area contributed by atoms with Crippen LogP contribution in [0.2, 0.25) is 0 Å². The predicted molar refractivity (Wildman–Crippen MR) is 67.8 cm³/mol. The van der Waals surface area contributed by atoms with Gasteiger partial charge in [-0.3, -0.25) is 4.79 Å².